The number of aliphatic hydroxyl groups is 1. The zero-order valence-electron chi connectivity index (χ0n) is 9.19. The number of nitrogens with zero attached hydrogens (tertiary/aromatic N) is 1. The van der Waals surface area contributed by atoms with Crippen molar-refractivity contribution in [3.05, 3.63) is 0 Å². The van der Waals surface area contributed by atoms with Gasteiger partial charge in [0.1, 0.15) is 6.61 Å². The summed E-state index contributed by atoms with van der Waals surface area (Å²) in [6.45, 7) is 4.02. The van der Waals surface area contributed by atoms with Crippen LogP contribution in [0.4, 0.5) is 0 Å². The molecule has 0 radical (unpaired) electrons. The van der Waals surface area contributed by atoms with Crippen LogP contribution in [0.5, 0.6) is 0 Å². The highest BCUT2D eigenvalue weighted by Crippen LogP contribution is 2.16. The third-order valence-corrected chi connectivity index (χ3v) is 2.76. The number of aliphatic hydroxyl groups excluding tert-OH is 1. The molecule has 3 N–H and O–H groups in total. The Bertz CT molecular complexity index is 211. The summed E-state index contributed by atoms with van der Waals surface area (Å²) in [5.41, 5.74) is 5.24. The van der Waals surface area contributed by atoms with Gasteiger partial charge in [-0.3, -0.25) is 4.79 Å². The van der Waals surface area contributed by atoms with Crippen molar-refractivity contribution < 1.29 is 14.6 Å². The maximum absolute atomic E-state index is 11.6. The topological polar surface area (TPSA) is 75.8 Å². The molecule has 0 spiro atoms. The number of likely N-dealkylation sites (tertiary alicyclic amines) is 1. The molecule has 1 heterocycles. The van der Waals surface area contributed by atoms with Crippen LogP contribution in [-0.2, 0) is 9.53 Å². The zero-order valence-corrected chi connectivity index (χ0v) is 9.19. The molecule has 0 bridgehead atoms. The summed E-state index contributed by atoms with van der Waals surface area (Å²) in [7, 11) is 0. The van der Waals surface area contributed by atoms with Crippen LogP contribution in [0.3, 0.4) is 0 Å². The van der Waals surface area contributed by atoms with Crippen molar-refractivity contribution in [1.82, 2.24) is 4.90 Å². The average molecular weight is 216 g/mol. The Morgan fingerprint density at radius 3 is 3.00 bits per heavy atom. The van der Waals surface area contributed by atoms with Crippen molar-refractivity contribution in [1.29, 1.82) is 0 Å². The van der Waals surface area contributed by atoms with Gasteiger partial charge >= 0.3 is 0 Å². The number of carbonyl (C=O) groups excluding carboxylic acids is 1. The normalized spacial score (nSPS) is 26.7. The van der Waals surface area contributed by atoms with Gasteiger partial charge in [0.15, 0.2) is 0 Å². The van der Waals surface area contributed by atoms with E-state index in [1.165, 1.54) is 0 Å². The predicted molar refractivity (Wildman–Crippen MR) is 56.2 cm³/mol. The molecule has 0 aromatic carbocycles. The number of β-amino-alcohol motifs (C(OH)–C–C–N with tert-alkyl or cyclic N) is 1. The zero-order chi connectivity index (χ0) is 11.3. The number of ether oxygens (including phenoxy) is 1. The minimum Gasteiger partial charge on any atom is -0.391 e. The molecular formula is C10H20N2O3. The molecule has 1 rings (SSSR count). The molecule has 88 valence electrons. The summed E-state index contributed by atoms with van der Waals surface area (Å²) in [6.07, 6.45) is 0.446. The highest BCUT2D eigenvalue weighted by atomic mass is 16.5. The Hall–Kier alpha value is -0.650. The number of hydrogen-bond acceptors (Lipinski definition) is 4. The predicted octanol–water partition coefficient (Wildman–Crippen LogP) is -0.809. The number of piperidine rings is 1. The lowest BCUT2D eigenvalue weighted by atomic mass is 9.96. The van der Waals surface area contributed by atoms with E-state index in [0.717, 1.165) is 6.42 Å². The van der Waals surface area contributed by atoms with E-state index in [1.54, 1.807) is 4.90 Å². The van der Waals surface area contributed by atoms with Crippen molar-refractivity contribution in [3.8, 4) is 0 Å². The molecule has 15 heavy (non-hydrogen) atoms. The fourth-order valence-electron chi connectivity index (χ4n) is 1.61. The molecule has 5 heteroatoms. The van der Waals surface area contributed by atoms with Crippen molar-refractivity contribution in [2.24, 2.45) is 11.7 Å². The second kappa shape index (κ2) is 6.05. The fraction of sp³-hybridized carbons (Fsp3) is 0.900. The van der Waals surface area contributed by atoms with E-state index in [-0.39, 0.29) is 18.4 Å². The quantitative estimate of drug-likeness (QED) is 0.603. The van der Waals surface area contributed by atoms with Gasteiger partial charge in [0.05, 0.1) is 12.7 Å². The third-order valence-electron chi connectivity index (χ3n) is 2.76. The van der Waals surface area contributed by atoms with Gasteiger partial charge in [0.25, 0.3) is 0 Å². The van der Waals surface area contributed by atoms with Crippen molar-refractivity contribution in [2.75, 3.05) is 32.8 Å². The van der Waals surface area contributed by atoms with Crippen molar-refractivity contribution in [2.45, 2.75) is 19.4 Å². The van der Waals surface area contributed by atoms with E-state index < -0.39 is 6.10 Å². The average Bonchev–Trinajstić information content (AvgIpc) is 2.22. The van der Waals surface area contributed by atoms with E-state index in [4.69, 9.17) is 10.5 Å². The summed E-state index contributed by atoms with van der Waals surface area (Å²) in [4.78, 5) is 13.2. The molecular weight excluding hydrogens is 196 g/mol. The lowest BCUT2D eigenvalue weighted by Gasteiger charge is -2.34. The molecule has 1 aliphatic heterocycles. The van der Waals surface area contributed by atoms with Gasteiger partial charge in [-0.25, -0.2) is 0 Å². The summed E-state index contributed by atoms with van der Waals surface area (Å²) in [5, 5.41) is 9.61. The van der Waals surface area contributed by atoms with Crippen molar-refractivity contribution >= 4 is 5.91 Å². The third kappa shape index (κ3) is 3.77. The maximum atomic E-state index is 11.6. The number of hydrogen-bond donors (Lipinski definition) is 2. The fourth-order valence-corrected chi connectivity index (χ4v) is 1.61. The Labute approximate surface area is 90.2 Å². The summed E-state index contributed by atoms with van der Waals surface area (Å²) < 4.78 is 5.06. The standard InChI is InChI=1S/C10H20N2O3/c1-8-2-4-12(6-9(8)13)10(14)7-15-5-3-11/h8-9,13H,2-7,11H2,1H3. The summed E-state index contributed by atoms with van der Waals surface area (Å²) >= 11 is 0. The second-order valence-corrected chi connectivity index (χ2v) is 4.01. The van der Waals surface area contributed by atoms with Crippen LogP contribution in [0.15, 0.2) is 0 Å². The van der Waals surface area contributed by atoms with E-state index in [9.17, 15) is 9.90 Å². The Morgan fingerprint density at radius 1 is 1.67 bits per heavy atom. The minimum atomic E-state index is -0.405. The number of carbonyl (C=O) groups is 1. The van der Waals surface area contributed by atoms with Crippen LogP contribution < -0.4 is 5.73 Å². The molecule has 2 unspecified atom stereocenters. The highest BCUT2D eigenvalue weighted by Gasteiger charge is 2.26. The van der Waals surface area contributed by atoms with E-state index in [2.05, 4.69) is 0 Å². The smallest absolute Gasteiger partial charge is 0.248 e. The van der Waals surface area contributed by atoms with Crippen LogP contribution in [-0.4, -0.2) is 54.9 Å². The number of rotatable bonds is 4. The molecule has 0 saturated carbocycles. The summed E-state index contributed by atoms with van der Waals surface area (Å²) in [5.74, 6) is 0.216. The molecule has 5 nitrogen and oxygen atoms in total. The van der Waals surface area contributed by atoms with Crippen LogP contribution in [0.25, 0.3) is 0 Å². The van der Waals surface area contributed by atoms with Gasteiger partial charge in [-0.1, -0.05) is 6.92 Å². The van der Waals surface area contributed by atoms with Gasteiger partial charge in [0, 0.05) is 19.6 Å². The molecule has 1 aliphatic rings. The van der Waals surface area contributed by atoms with Crippen LogP contribution in [0, 0.1) is 5.92 Å². The summed E-state index contributed by atoms with van der Waals surface area (Å²) in [6, 6.07) is 0. The SMILES string of the molecule is CC1CCN(C(=O)COCCN)CC1O. The second-order valence-electron chi connectivity index (χ2n) is 4.01. The Balaban J connectivity index is 2.28. The van der Waals surface area contributed by atoms with Gasteiger partial charge < -0.3 is 20.5 Å². The number of nitrogens with two attached hydrogens (primary N) is 1. The Kier molecular flexibility index (Phi) is 5.01. The van der Waals surface area contributed by atoms with Crippen molar-refractivity contribution in [3.63, 3.8) is 0 Å². The molecule has 2 atom stereocenters. The molecule has 0 aliphatic carbocycles. The Morgan fingerprint density at radius 2 is 2.40 bits per heavy atom. The van der Waals surface area contributed by atoms with Crippen LogP contribution in [0.2, 0.25) is 0 Å². The molecule has 1 saturated heterocycles. The van der Waals surface area contributed by atoms with Gasteiger partial charge in [-0.2, -0.15) is 0 Å². The number of amides is 1. The van der Waals surface area contributed by atoms with Gasteiger partial charge in [-0.05, 0) is 12.3 Å². The monoisotopic (exact) mass is 216 g/mol. The maximum Gasteiger partial charge on any atom is 0.248 e. The van der Waals surface area contributed by atoms with Crippen LogP contribution >= 0.6 is 0 Å². The van der Waals surface area contributed by atoms with Gasteiger partial charge in [-0.15, -0.1) is 0 Å². The molecule has 1 amide bonds. The molecule has 1 fully saturated rings. The molecule has 0 aromatic heterocycles. The largest absolute Gasteiger partial charge is 0.391 e. The van der Waals surface area contributed by atoms with Gasteiger partial charge in [0.2, 0.25) is 5.91 Å². The lowest BCUT2D eigenvalue weighted by Crippen LogP contribution is -2.47. The lowest BCUT2D eigenvalue weighted by molar-refractivity contribution is -0.140. The van der Waals surface area contributed by atoms with E-state index in [1.807, 2.05) is 6.92 Å². The van der Waals surface area contributed by atoms with E-state index in [0.29, 0.717) is 26.2 Å². The highest BCUT2D eigenvalue weighted by molar-refractivity contribution is 5.77. The first-order chi connectivity index (χ1) is 7.15. The van der Waals surface area contributed by atoms with E-state index >= 15 is 0 Å². The molecule has 0 aromatic rings. The first kappa shape index (κ1) is 12.4. The first-order valence-electron chi connectivity index (χ1n) is 5.38. The minimum absolute atomic E-state index is 0.0607. The van der Waals surface area contributed by atoms with Crippen LogP contribution in [0.1, 0.15) is 13.3 Å². The first-order valence-corrected chi connectivity index (χ1v) is 5.38.